The van der Waals surface area contributed by atoms with E-state index in [9.17, 15) is 0 Å². The van der Waals surface area contributed by atoms with Crippen LogP contribution in [-0.4, -0.2) is 19.9 Å². The fourth-order valence-corrected chi connectivity index (χ4v) is 9.70. The highest BCUT2D eigenvalue weighted by molar-refractivity contribution is 6.21. The van der Waals surface area contributed by atoms with E-state index in [4.69, 9.17) is 19.9 Å². The maximum atomic E-state index is 5.43. The van der Waals surface area contributed by atoms with Crippen molar-refractivity contribution in [2.24, 2.45) is 0 Å². The second-order valence-corrected chi connectivity index (χ2v) is 16.1. The third kappa shape index (κ3) is 5.40. The lowest BCUT2D eigenvalue weighted by Crippen LogP contribution is -1.95. The number of benzene rings is 9. The van der Waals surface area contributed by atoms with Gasteiger partial charge in [0.2, 0.25) is 0 Å². The van der Waals surface area contributed by atoms with Gasteiger partial charge in [0.05, 0.1) is 39.1 Å². The van der Waals surface area contributed by atoms with Gasteiger partial charge >= 0.3 is 0 Å². The van der Waals surface area contributed by atoms with Crippen LogP contribution in [0.25, 0.3) is 132 Å². The van der Waals surface area contributed by atoms with E-state index >= 15 is 0 Å². The maximum Gasteiger partial charge on any atom is 0.0972 e. The predicted octanol–water partition coefficient (Wildman–Crippen LogP) is 15.2. The van der Waals surface area contributed by atoms with Gasteiger partial charge in [0, 0.05) is 44.4 Å². The number of fused-ring (bicyclic) bond motifs is 10. The zero-order valence-electron chi connectivity index (χ0n) is 33.4. The van der Waals surface area contributed by atoms with Gasteiger partial charge in [-0.2, -0.15) is 0 Å². The SMILES string of the molecule is c1ccc2c(c1)cc(-c1ccc3cc(-c4ccc5ccc(-c6c7ccccc7c(-c7ccc8ccc9cccnc9c8n7)c7ccccc67)nc5c4)ccc3n1)c1ccccc12. The number of pyridine rings is 4. The van der Waals surface area contributed by atoms with E-state index in [1.54, 1.807) is 0 Å². The summed E-state index contributed by atoms with van der Waals surface area (Å²) < 4.78 is 0. The van der Waals surface area contributed by atoms with Crippen LogP contribution in [-0.2, 0) is 0 Å². The van der Waals surface area contributed by atoms with Crippen molar-refractivity contribution < 1.29 is 0 Å². The third-order valence-corrected chi connectivity index (χ3v) is 12.6. The molecule has 0 radical (unpaired) electrons. The van der Waals surface area contributed by atoms with Crippen LogP contribution < -0.4 is 0 Å². The molecule has 13 rings (SSSR count). The summed E-state index contributed by atoms with van der Waals surface area (Å²) in [5, 5.41) is 13.8. The van der Waals surface area contributed by atoms with E-state index in [0.29, 0.717) is 0 Å². The van der Waals surface area contributed by atoms with Gasteiger partial charge in [-0.05, 0) is 103 Å². The summed E-state index contributed by atoms with van der Waals surface area (Å²) in [5.74, 6) is 0. The number of aromatic nitrogens is 4. The molecule has 0 N–H and O–H groups in total. The highest BCUT2D eigenvalue weighted by atomic mass is 14.8. The molecule has 13 aromatic rings. The van der Waals surface area contributed by atoms with Gasteiger partial charge in [0.15, 0.2) is 0 Å². The van der Waals surface area contributed by atoms with Crippen LogP contribution in [0.1, 0.15) is 0 Å². The first-order valence-electron chi connectivity index (χ1n) is 21.0. The first kappa shape index (κ1) is 34.5. The Hall–Kier alpha value is -8.34. The normalized spacial score (nSPS) is 11.9. The minimum absolute atomic E-state index is 0.909. The van der Waals surface area contributed by atoms with Gasteiger partial charge in [-0.3, -0.25) is 4.98 Å². The Labute approximate surface area is 356 Å². The Kier molecular flexibility index (Phi) is 7.57. The van der Waals surface area contributed by atoms with E-state index in [-0.39, 0.29) is 0 Å². The summed E-state index contributed by atoms with van der Waals surface area (Å²) in [4.78, 5) is 20.7. The highest BCUT2D eigenvalue weighted by Crippen LogP contribution is 2.44. The number of hydrogen-bond donors (Lipinski definition) is 0. The van der Waals surface area contributed by atoms with Gasteiger partial charge in [-0.15, -0.1) is 0 Å². The molecule has 0 atom stereocenters. The van der Waals surface area contributed by atoms with Crippen LogP contribution in [0.4, 0.5) is 0 Å². The fraction of sp³-hybridized carbons (Fsp3) is 0. The van der Waals surface area contributed by atoms with Gasteiger partial charge in [-0.25, -0.2) is 15.0 Å². The Bertz CT molecular complexity index is 3940. The molecule has 0 aliphatic rings. The molecule has 4 nitrogen and oxygen atoms in total. The zero-order chi connectivity index (χ0) is 40.7. The van der Waals surface area contributed by atoms with Crippen LogP contribution in [0.15, 0.2) is 206 Å². The second-order valence-electron chi connectivity index (χ2n) is 16.1. The molecule has 4 aromatic heterocycles. The van der Waals surface area contributed by atoms with Crippen LogP contribution in [0, 0.1) is 0 Å². The summed E-state index contributed by atoms with van der Waals surface area (Å²) in [6.07, 6.45) is 1.85. The van der Waals surface area contributed by atoms with E-state index in [1.165, 1.54) is 21.5 Å². The van der Waals surface area contributed by atoms with Crippen molar-refractivity contribution in [2.45, 2.75) is 0 Å². The number of nitrogens with zero attached hydrogens (tertiary/aromatic N) is 4. The van der Waals surface area contributed by atoms with E-state index in [0.717, 1.165) is 110 Å². The Morgan fingerprint density at radius 1 is 0.274 bits per heavy atom. The Morgan fingerprint density at radius 2 is 0.790 bits per heavy atom. The van der Waals surface area contributed by atoms with E-state index in [1.807, 2.05) is 12.3 Å². The molecule has 0 saturated heterocycles. The predicted molar refractivity (Wildman–Crippen MR) is 259 cm³/mol. The highest BCUT2D eigenvalue weighted by Gasteiger charge is 2.19. The standard InChI is InChI=1S/C58H34N4/c1-2-12-42-40(10-1)33-49(44-14-4-3-13-43(42)44)51-28-26-41-32-38(25-27-50(41)60-51)39-22-19-35-23-29-52(61-54(35)34-39)55-45-15-5-7-17-47(45)56(48-18-8-6-16-46(48)55)53-30-24-37-21-20-36-11-9-31-59-57(36)58(37)62-53/h1-34H. The van der Waals surface area contributed by atoms with Crippen molar-refractivity contribution in [1.29, 1.82) is 0 Å². The lowest BCUT2D eigenvalue weighted by molar-refractivity contribution is 1.38. The van der Waals surface area contributed by atoms with Gasteiger partial charge < -0.3 is 0 Å². The van der Waals surface area contributed by atoms with E-state index < -0.39 is 0 Å². The summed E-state index contributed by atoms with van der Waals surface area (Å²) in [5.41, 5.74) is 12.2. The minimum atomic E-state index is 0.909. The molecule has 0 bridgehead atoms. The summed E-state index contributed by atoms with van der Waals surface area (Å²) in [7, 11) is 0. The zero-order valence-corrected chi connectivity index (χ0v) is 33.4. The topological polar surface area (TPSA) is 51.6 Å². The second kappa shape index (κ2) is 13.6. The average Bonchev–Trinajstić information content (AvgIpc) is 3.34. The summed E-state index contributed by atoms with van der Waals surface area (Å²) >= 11 is 0. The lowest BCUT2D eigenvalue weighted by Gasteiger charge is -2.17. The van der Waals surface area contributed by atoms with Crippen molar-refractivity contribution in [3.63, 3.8) is 0 Å². The van der Waals surface area contributed by atoms with Gasteiger partial charge in [-0.1, -0.05) is 152 Å². The molecular formula is C58H34N4. The Morgan fingerprint density at radius 3 is 1.55 bits per heavy atom. The molecule has 0 aliphatic heterocycles. The molecule has 0 spiro atoms. The summed E-state index contributed by atoms with van der Waals surface area (Å²) in [6, 6.07) is 71.4. The third-order valence-electron chi connectivity index (χ3n) is 12.6. The monoisotopic (exact) mass is 786 g/mol. The molecule has 0 unspecified atom stereocenters. The van der Waals surface area contributed by atoms with E-state index in [2.05, 4.69) is 194 Å². The summed E-state index contributed by atoms with van der Waals surface area (Å²) in [6.45, 7) is 0. The lowest BCUT2D eigenvalue weighted by atomic mass is 9.88. The molecule has 0 aliphatic carbocycles. The van der Waals surface area contributed by atoms with Crippen LogP contribution in [0.5, 0.6) is 0 Å². The van der Waals surface area contributed by atoms with Crippen molar-refractivity contribution in [2.75, 3.05) is 0 Å². The largest absolute Gasteiger partial charge is 0.254 e. The first-order chi connectivity index (χ1) is 30.7. The molecule has 0 saturated carbocycles. The van der Waals surface area contributed by atoms with Crippen molar-refractivity contribution in [1.82, 2.24) is 19.9 Å². The molecule has 4 heteroatoms. The smallest absolute Gasteiger partial charge is 0.0972 e. The minimum Gasteiger partial charge on any atom is -0.254 e. The van der Waals surface area contributed by atoms with Crippen molar-refractivity contribution >= 4 is 86.7 Å². The Balaban J connectivity index is 0.919. The van der Waals surface area contributed by atoms with Crippen LogP contribution in [0.3, 0.4) is 0 Å². The first-order valence-corrected chi connectivity index (χ1v) is 21.0. The van der Waals surface area contributed by atoms with Crippen LogP contribution in [0.2, 0.25) is 0 Å². The number of rotatable bonds is 4. The van der Waals surface area contributed by atoms with Crippen molar-refractivity contribution in [3.05, 3.63) is 206 Å². The number of hydrogen-bond acceptors (Lipinski definition) is 4. The molecular weight excluding hydrogens is 753 g/mol. The van der Waals surface area contributed by atoms with Gasteiger partial charge in [0.1, 0.15) is 0 Å². The quantitative estimate of drug-likeness (QED) is 0.132. The molecule has 0 amide bonds. The van der Waals surface area contributed by atoms with Crippen molar-refractivity contribution in [3.8, 4) is 44.9 Å². The molecule has 0 fully saturated rings. The maximum absolute atomic E-state index is 5.43. The molecule has 4 heterocycles. The average molecular weight is 787 g/mol. The molecule has 9 aromatic carbocycles. The molecule has 286 valence electrons. The van der Waals surface area contributed by atoms with Crippen LogP contribution >= 0.6 is 0 Å². The van der Waals surface area contributed by atoms with Gasteiger partial charge in [0.25, 0.3) is 0 Å². The molecule has 62 heavy (non-hydrogen) atoms. The fourth-order valence-electron chi connectivity index (χ4n) is 9.70.